The van der Waals surface area contributed by atoms with E-state index in [2.05, 4.69) is 10.3 Å². The lowest BCUT2D eigenvalue weighted by Crippen LogP contribution is -1.97. The highest BCUT2D eigenvalue weighted by Crippen LogP contribution is 2.31. The number of nitrogens with one attached hydrogen (secondary N) is 1. The molecule has 1 aromatic heterocycles. The molecule has 0 saturated heterocycles. The molecule has 18 heavy (non-hydrogen) atoms. The Bertz CT molecular complexity index is 605. The standard InChI is InChI=1S/C11H7Cl2N3O2/c12-7-1-2-9(8(13)5-7)15-10-3-4-14-6-11(10)16(17)18/h1-6H,(H,14,15). The summed E-state index contributed by atoms with van der Waals surface area (Å²) in [6.07, 6.45) is 2.63. The molecule has 92 valence electrons. The summed E-state index contributed by atoms with van der Waals surface area (Å²) in [5.41, 5.74) is 0.734. The zero-order valence-corrected chi connectivity index (χ0v) is 10.4. The molecule has 0 radical (unpaired) electrons. The average molecular weight is 284 g/mol. The van der Waals surface area contributed by atoms with Crippen LogP contribution in [0.15, 0.2) is 36.7 Å². The first-order valence-electron chi connectivity index (χ1n) is 4.88. The van der Waals surface area contributed by atoms with Gasteiger partial charge >= 0.3 is 5.69 Å². The van der Waals surface area contributed by atoms with Gasteiger partial charge in [-0.15, -0.1) is 0 Å². The van der Waals surface area contributed by atoms with E-state index in [0.717, 1.165) is 0 Å². The lowest BCUT2D eigenvalue weighted by molar-refractivity contribution is -0.384. The molecule has 0 saturated carbocycles. The minimum absolute atomic E-state index is 0.122. The van der Waals surface area contributed by atoms with Gasteiger partial charge in [0.2, 0.25) is 0 Å². The fraction of sp³-hybridized carbons (Fsp3) is 0. The zero-order chi connectivity index (χ0) is 13.1. The normalized spacial score (nSPS) is 10.1. The van der Waals surface area contributed by atoms with Crippen LogP contribution in [0, 0.1) is 10.1 Å². The molecule has 0 spiro atoms. The molecule has 2 rings (SSSR count). The van der Waals surface area contributed by atoms with Crippen molar-refractivity contribution in [2.75, 3.05) is 5.32 Å². The Morgan fingerprint density at radius 1 is 1.22 bits per heavy atom. The van der Waals surface area contributed by atoms with Crippen LogP contribution in [-0.2, 0) is 0 Å². The summed E-state index contributed by atoms with van der Waals surface area (Å²) in [6.45, 7) is 0. The molecule has 0 aliphatic carbocycles. The van der Waals surface area contributed by atoms with Gasteiger partial charge in [-0.05, 0) is 24.3 Å². The molecule has 0 aliphatic rings. The van der Waals surface area contributed by atoms with Crippen molar-refractivity contribution >= 4 is 40.3 Å². The maximum absolute atomic E-state index is 10.8. The molecule has 0 unspecified atom stereocenters. The van der Waals surface area contributed by atoms with E-state index in [4.69, 9.17) is 23.2 Å². The molecule has 0 amide bonds. The van der Waals surface area contributed by atoms with Crippen molar-refractivity contribution in [2.45, 2.75) is 0 Å². The van der Waals surface area contributed by atoms with Gasteiger partial charge in [0.25, 0.3) is 0 Å². The highest BCUT2D eigenvalue weighted by atomic mass is 35.5. The predicted octanol–water partition coefficient (Wildman–Crippen LogP) is 4.04. The highest BCUT2D eigenvalue weighted by Gasteiger charge is 2.14. The van der Waals surface area contributed by atoms with Crippen molar-refractivity contribution in [3.63, 3.8) is 0 Å². The molecule has 1 heterocycles. The van der Waals surface area contributed by atoms with Gasteiger partial charge in [0.05, 0.1) is 15.6 Å². The van der Waals surface area contributed by atoms with Gasteiger partial charge in [0.15, 0.2) is 0 Å². The number of benzene rings is 1. The molecule has 1 aromatic carbocycles. The van der Waals surface area contributed by atoms with E-state index in [1.807, 2.05) is 0 Å². The zero-order valence-electron chi connectivity index (χ0n) is 8.93. The van der Waals surface area contributed by atoms with Crippen molar-refractivity contribution in [1.29, 1.82) is 0 Å². The second kappa shape index (κ2) is 5.20. The molecular weight excluding hydrogens is 277 g/mol. The number of halogens is 2. The second-order valence-electron chi connectivity index (χ2n) is 3.40. The van der Waals surface area contributed by atoms with E-state index in [9.17, 15) is 10.1 Å². The summed E-state index contributed by atoms with van der Waals surface area (Å²) in [7, 11) is 0. The summed E-state index contributed by atoms with van der Waals surface area (Å²) in [4.78, 5) is 14.0. The topological polar surface area (TPSA) is 68.1 Å². The van der Waals surface area contributed by atoms with Crippen LogP contribution in [0.25, 0.3) is 0 Å². The molecule has 0 fully saturated rings. The number of nitro groups is 1. The van der Waals surface area contributed by atoms with Gasteiger partial charge in [0, 0.05) is 11.2 Å². The number of anilines is 2. The number of aromatic nitrogens is 1. The number of pyridine rings is 1. The molecule has 7 heteroatoms. The summed E-state index contributed by atoms with van der Waals surface area (Å²) in [5.74, 6) is 0. The first kappa shape index (κ1) is 12.6. The molecule has 0 aliphatic heterocycles. The van der Waals surface area contributed by atoms with E-state index < -0.39 is 4.92 Å². The SMILES string of the molecule is O=[N+]([O-])c1cnccc1Nc1ccc(Cl)cc1Cl. The lowest BCUT2D eigenvalue weighted by Gasteiger charge is -2.08. The molecule has 1 N–H and O–H groups in total. The van der Waals surface area contributed by atoms with Gasteiger partial charge in [0.1, 0.15) is 11.9 Å². The van der Waals surface area contributed by atoms with Crippen LogP contribution in [-0.4, -0.2) is 9.91 Å². The smallest absolute Gasteiger partial charge is 0.310 e. The third kappa shape index (κ3) is 2.69. The van der Waals surface area contributed by atoms with E-state index in [1.165, 1.54) is 18.5 Å². The molecule has 2 aromatic rings. The molecule has 0 atom stereocenters. The Morgan fingerprint density at radius 3 is 2.67 bits per heavy atom. The average Bonchev–Trinajstić information content (AvgIpc) is 2.33. The summed E-state index contributed by atoms with van der Waals surface area (Å²) in [6, 6.07) is 6.35. The lowest BCUT2D eigenvalue weighted by atomic mass is 10.3. The fourth-order valence-electron chi connectivity index (χ4n) is 1.37. The number of hydrogen-bond acceptors (Lipinski definition) is 4. The monoisotopic (exact) mass is 283 g/mol. The summed E-state index contributed by atoms with van der Waals surface area (Å²) < 4.78 is 0. The molecular formula is C11H7Cl2N3O2. The molecule has 5 nitrogen and oxygen atoms in total. The van der Waals surface area contributed by atoms with E-state index in [1.54, 1.807) is 18.2 Å². The van der Waals surface area contributed by atoms with Crippen LogP contribution in [0.5, 0.6) is 0 Å². The first-order chi connectivity index (χ1) is 8.58. The van der Waals surface area contributed by atoms with Crippen LogP contribution >= 0.6 is 23.2 Å². The van der Waals surface area contributed by atoms with Crippen molar-refractivity contribution in [2.24, 2.45) is 0 Å². The maximum Gasteiger partial charge on any atom is 0.310 e. The Kier molecular flexibility index (Phi) is 3.64. The summed E-state index contributed by atoms with van der Waals surface area (Å²) in [5, 5.41) is 14.6. The number of rotatable bonds is 3. The Hall–Kier alpha value is -1.85. The minimum atomic E-state index is -0.515. The maximum atomic E-state index is 10.8. The van der Waals surface area contributed by atoms with E-state index in [0.29, 0.717) is 21.4 Å². The van der Waals surface area contributed by atoms with Crippen LogP contribution in [0.2, 0.25) is 10.0 Å². The van der Waals surface area contributed by atoms with E-state index >= 15 is 0 Å². The Labute approximate surface area is 113 Å². The van der Waals surface area contributed by atoms with Gasteiger partial charge in [-0.2, -0.15) is 0 Å². The van der Waals surface area contributed by atoms with E-state index in [-0.39, 0.29) is 5.69 Å². The number of nitrogens with zero attached hydrogens (tertiary/aromatic N) is 2. The predicted molar refractivity (Wildman–Crippen MR) is 70.6 cm³/mol. The number of hydrogen-bond donors (Lipinski definition) is 1. The van der Waals surface area contributed by atoms with Gasteiger partial charge < -0.3 is 5.32 Å². The van der Waals surface area contributed by atoms with Gasteiger partial charge in [-0.1, -0.05) is 23.2 Å². The Balaban J connectivity index is 2.37. The highest BCUT2D eigenvalue weighted by molar-refractivity contribution is 6.36. The van der Waals surface area contributed by atoms with Crippen LogP contribution in [0.3, 0.4) is 0 Å². The van der Waals surface area contributed by atoms with Crippen LogP contribution < -0.4 is 5.32 Å². The second-order valence-corrected chi connectivity index (χ2v) is 4.24. The minimum Gasteiger partial charge on any atom is -0.349 e. The van der Waals surface area contributed by atoms with Crippen molar-refractivity contribution in [3.05, 3.63) is 56.8 Å². The summed E-state index contributed by atoms with van der Waals surface area (Å²) >= 11 is 11.8. The van der Waals surface area contributed by atoms with Crippen molar-refractivity contribution in [1.82, 2.24) is 4.98 Å². The van der Waals surface area contributed by atoms with Crippen molar-refractivity contribution < 1.29 is 4.92 Å². The quantitative estimate of drug-likeness (QED) is 0.682. The van der Waals surface area contributed by atoms with Crippen LogP contribution in [0.4, 0.5) is 17.1 Å². The fourth-order valence-corrected chi connectivity index (χ4v) is 1.83. The Morgan fingerprint density at radius 2 is 2.00 bits per heavy atom. The first-order valence-corrected chi connectivity index (χ1v) is 5.64. The third-order valence-electron chi connectivity index (χ3n) is 2.20. The third-order valence-corrected chi connectivity index (χ3v) is 2.75. The van der Waals surface area contributed by atoms with Crippen molar-refractivity contribution in [3.8, 4) is 0 Å². The molecule has 0 bridgehead atoms. The van der Waals surface area contributed by atoms with Crippen LogP contribution in [0.1, 0.15) is 0 Å². The van der Waals surface area contributed by atoms with Gasteiger partial charge in [-0.3, -0.25) is 15.1 Å². The largest absolute Gasteiger partial charge is 0.349 e. The van der Waals surface area contributed by atoms with Gasteiger partial charge in [-0.25, -0.2) is 0 Å².